The number of non-ortho nitro benzene ring substituents is 1. The van der Waals surface area contributed by atoms with Gasteiger partial charge in [0, 0.05) is 23.9 Å². The molecule has 1 aliphatic rings. The van der Waals surface area contributed by atoms with Crippen LogP contribution in [0.3, 0.4) is 0 Å². The highest BCUT2D eigenvalue weighted by Crippen LogP contribution is 2.35. The number of aromatic nitrogens is 1. The number of para-hydroxylation sites is 1. The van der Waals surface area contributed by atoms with Gasteiger partial charge in [0.1, 0.15) is 0 Å². The van der Waals surface area contributed by atoms with E-state index < -0.39 is 4.92 Å². The van der Waals surface area contributed by atoms with Gasteiger partial charge in [-0.05, 0) is 17.7 Å². The van der Waals surface area contributed by atoms with Gasteiger partial charge in [0.2, 0.25) is 0 Å². The van der Waals surface area contributed by atoms with Crippen LogP contribution in [0.2, 0.25) is 0 Å². The Labute approximate surface area is 124 Å². The summed E-state index contributed by atoms with van der Waals surface area (Å²) in [6, 6.07) is 12.3. The van der Waals surface area contributed by atoms with Crippen molar-refractivity contribution in [2.45, 2.75) is 6.42 Å². The maximum absolute atomic E-state index is 10.8. The minimum Gasteiger partial charge on any atom is -0.494 e. The minimum atomic E-state index is -0.458. The van der Waals surface area contributed by atoms with Crippen LogP contribution in [0.15, 0.2) is 47.5 Å². The summed E-state index contributed by atoms with van der Waals surface area (Å²) in [5.41, 5.74) is 3.89. The second-order valence-corrected chi connectivity index (χ2v) is 5.20. The fraction of sp³-hybridized carbons (Fsp3) is 0.0625. The zero-order chi connectivity index (χ0) is 15.3. The highest BCUT2D eigenvalue weighted by Gasteiger charge is 2.23. The molecule has 3 aromatic rings. The highest BCUT2D eigenvalue weighted by molar-refractivity contribution is 6.16. The number of aliphatic imine (C=N–C) groups is 1. The van der Waals surface area contributed by atoms with E-state index in [1.807, 2.05) is 24.3 Å². The molecule has 6 nitrogen and oxygen atoms in total. The smallest absolute Gasteiger partial charge is 0.271 e. The van der Waals surface area contributed by atoms with Crippen molar-refractivity contribution in [3.63, 3.8) is 0 Å². The Hall–Kier alpha value is -3.15. The lowest BCUT2D eigenvalue weighted by Crippen LogP contribution is -1.99. The number of nitrogens with one attached hydrogen (secondary N) is 1. The summed E-state index contributed by atoms with van der Waals surface area (Å²) in [7, 11) is 0. The van der Waals surface area contributed by atoms with E-state index in [1.54, 1.807) is 6.07 Å². The molecule has 0 aliphatic carbocycles. The number of aromatic hydroxyl groups is 1. The Kier molecular flexibility index (Phi) is 2.53. The summed E-state index contributed by atoms with van der Waals surface area (Å²) in [5.74, 6) is -0.0120. The molecule has 2 aromatic carbocycles. The van der Waals surface area contributed by atoms with Crippen molar-refractivity contribution in [2.24, 2.45) is 4.99 Å². The van der Waals surface area contributed by atoms with Crippen LogP contribution in [-0.4, -0.2) is 20.7 Å². The maximum atomic E-state index is 10.8. The predicted octanol–water partition coefficient (Wildman–Crippen LogP) is 3.46. The lowest BCUT2D eigenvalue weighted by Gasteiger charge is -1.99. The van der Waals surface area contributed by atoms with Gasteiger partial charge in [-0.25, -0.2) is 0 Å². The highest BCUT2D eigenvalue weighted by atomic mass is 16.6. The van der Waals surface area contributed by atoms with Gasteiger partial charge in [-0.15, -0.1) is 0 Å². The van der Waals surface area contributed by atoms with Gasteiger partial charge in [-0.2, -0.15) is 0 Å². The van der Waals surface area contributed by atoms with E-state index in [9.17, 15) is 15.2 Å². The van der Waals surface area contributed by atoms with Gasteiger partial charge >= 0.3 is 0 Å². The van der Waals surface area contributed by atoms with Crippen LogP contribution in [-0.2, 0) is 6.42 Å². The lowest BCUT2D eigenvalue weighted by atomic mass is 10.0. The second-order valence-electron chi connectivity index (χ2n) is 5.20. The average molecular weight is 293 g/mol. The van der Waals surface area contributed by atoms with Gasteiger partial charge in [0.05, 0.1) is 27.4 Å². The van der Waals surface area contributed by atoms with Gasteiger partial charge in [-0.1, -0.05) is 18.2 Å². The number of rotatable bonds is 2. The van der Waals surface area contributed by atoms with Crippen LogP contribution in [0.1, 0.15) is 11.1 Å². The molecule has 1 aliphatic heterocycles. The Morgan fingerprint density at radius 3 is 2.82 bits per heavy atom. The number of H-pyrrole nitrogens is 1. The summed E-state index contributed by atoms with van der Waals surface area (Å²) in [5, 5.41) is 21.8. The molecule has 0 atom stereocenters. The predicted molar refractivity (Wildman–Crippen MR) is 83.0 cm³/mol. The van der Waals surface area contributed by atoms with Crippen molar-refractivity contribution >= 4 is 28.0 Å². The number of benzene rings is 2. The molecule has 6 heteroatoms. The number of nitro groups is 1. The second kappa shape index (κ2) is 4.42. The molecule has 0 bridgehead atoms. The number of nitrogens with zero attached hydrogens (tertiary/aromatic N) is 2. The van der Waals surface area contributed by atoms with Crippen molar-refractivity contribution in [3.8, 4) is 5.88 Å². The van der Waals surface area contributed by atoms with E-state index in [1.165, 1.54) is 12.1 Å². The first-order chi connectivity index (χ1) is 10.6. The third-order valence-electron chi connectivity index (χ3n) is 3.87. The summed E-state index contributed by atoms with van der Waals surface area (Å²) in [4.78, 5) is 17.7. The standard InChI is InChI=1S/C16H11N3O3/c20-16-15(14-7-9-3-1-2-4-12(9)17-14)11-6-5-10(19(21)22)8-13(11)18-16/h1-6,8,18,20H,7H2. The van der Waals surface area contributed by atoms with Crippen LogP contribution in [0.25, 0.3) is 10.9 Å². The normalized spacial score (nSPS) is 13.2. The summed E-state index contributed by atoms with van der Waals surface area (Å²) >= 11 is 0. The van der Waals surface area contributed by atoms with Gasteiger partial charge < -0.3 is 10.1 Å². The molecule has 1 aromatic heterocycles. The van der Waals surface area contributed by atoms with E-state index in [2.05, 4.69) is 9.98 Å². The fourth-order valence-electron chi connectivity index (χ4n) is 2.86. The Balaban J connectivity index is 1.87. The Morgan fingerprint density at radius 2 is 2.05 bits per heavy atom. The first-order valence-corrected chi connectivity index (χ1v) is 6.78. The van der Waals surface area contributed by atoms with Crippen LogP contribution in [0, 0.1) is 10.1 Å². The van der Waals surface area contributed by atoms with Crippen molar-refractivity contribution in [3.05, 3.63) is 63.7 Å². The van der Waals surface area contributed by atoms with Crippen LogP contribution in [0.4, 0.5) is 11.4 Å². The molecule has 0 fully saturated rings. The average Bonchev–Trinajstić information content (AvgIpc) is 3.05. The first kappa shape index (κ1) is 12.6. The van der Waals surface area contributed by atoms with E-state index in [4.69, 9.17) is 0 Å². The maximum Gasteiger partial charge on any atom is 0.271 e. The van der Waals surface area contributed by atoms with Gasteiger partial charge in [0.15, 0.2) is 5.88 Å². The van der Waals surface area contributed by atoms with Crippen LogP contribution in [0.5, 0.6) is 5.88 Å². The topological polar surface area (TPSA) is 91.5 Å². The molecule has 2 N–H and O–H groups in total. The van der Waals surface area contributed by atoms with Crippen molar-refractivity contribution < 1.29 is 10.0 Å². The van der Waals surface area contributed by atoms with Crippen molar-refractivity contribution in [1.29, 1.82) is 0 Å². The quantitative estimate of drug-likeness (QED) is 0.560. The zero-order valence-electron chi connectivity index (χ0n) is 11.4. The largest absolute Gasteiger partial charge is 0.494 e. The Morgan fingerprint density at radius 1 is 1.23 bits per heavy atom. The molecular formula is C16H11N3O3. The van der Waals surface area contributed by atoms with Gasteiger partial charge in [-0.3, -0.25) is 15.1 Å². The van der Waals surface area contributed by atoms with E-state index in [0.717, 1.165) is 22.3 Å². The van der Waals surface area contributed by atoms with Crippen LogP contribution >= 0.6 is 0 Å². The summed E-state index contributed by atoms with van der Waals surface area (Å²) in [6.07, 6.45) is 0.633. The van der Waals surface area contributed by atoms with E-state index in [-0.39, 0.29) is 11.6 Å². The molecule has 0 saturated carbocycles. The minimum absolute atomic E-state index is 0.0120. The molecule has 0 spiro atoms. The zero-order valence-corrected chi connectivity index (χ0v) is 11.4. The number of aromatic amines is 1. The molecule has 0 saturated heterocycles. The number of hydrogen-bond donors (Lipinski definition) is 2. The number of nitro benzene ring substituents is 1. The summed E-state index contributed by atoms with van der Waals surface area (Å²) < 4.78 is 0. The first-order valence-electron chi connectivity index (χ1n) is 6.78. The fourth-order valence-corrected chi connectivity index (χ4v) is 2.86. The molecule has 22 heavy (non-hydrogen) atoms. The third-order valence-corrected chi connectivity index (χ3v) is 3.87. The lowest BCUT2D eigenvalue weighted by molar-refractivity contribution is -0.384. The van der Waals surface area contributed by atoms with Crippen molar-refractivity contribution in [1.82, 2.24) is 4.98 Å². The van der Waals surface area contributed by atoms with E-state index in [0.29, 0.717) is 17.5 Å². The molecule has 0 unspecified atom stereocenters. The molecule has 4 rings (SSSR count). The molecule has 0 amide bonds. The number of hydrogen-bond acceptors (Lipinski definition) is 4. The monoisotopic (exact) mass is 293 g/mol. The van der Waals surface area contributed by atoms with E-state index >= 15 is 0 Å². The third kappa shape index (κ3) is 1.77. The molecule has 2 heterocycles. The SMILES string of the molecule is O=[N+]([O-])c1ccc2c(C3=Nc4ccccc4C3)c(O)[nH]c2c1. The number of fused-ring (bicyclic) bond motifs is 2. The molecule has 0 radical (unpaired) electrons. The van der Waals surface area contributed by atoms with Gasteiger partial charge in [0.25, 0.3) is 5.69 Å². The Bertz CT molecular complexity index is 956. The molecule has 108 valence electrons. The van der Waals surface area contributed by atoms with Crippen LogP contribution < -0.4 is 0 Å². The molecular weight excluding hydrogens is 282 g/mol. The van der Waals surface area contributed by atoms with Crippen molar-refractivity contribution in [2.75, 3.05) is 0 Å². The summed E-state index contributed by atoms with van der Waals surface area (Å²) in [6.45, 7) is 0.